The Morgan fingerprint density at radius 3 is 2.44 bits per heavy atom. The second kappa shape index (κ2) is 7.73. The molecule has 2 amide bonds. The Hall–Kier alpha value is -2.29. The van der Waals surface area contributed by atoms with Gasteiger partial charge in [0, 0.05) is 4.88 Å². The number of aromatic nitrogens is 1. The number of urea groups is 1. The van der Waals surface area contributed by atoms with Crippen LogP contribution >= 0.6 is 11.3 Å². The number of nitrogens with one attached hydrogen (secondary N) is 2. The molecule has 1 aromatic heterocycles. The molecule has 1 heterocycles. The fourth-order valence-electron chi connectivity index (χ4n) is 2.19. The first-order valence-electron chi connectivity index (χ1n) is 7.47. The van der Waals surface area contributed by atoms with Gasteiger partial charge in [-0.2, -0.15) is 0 Å². The maximum atomic E-state index is 12.1. The lowest BCUT2D eigenvalue weighted by molar-refractivity contribution is -0.274. The Kier molecular flexibility index (Phi) is 5.89. The highest BCUT2D eigenvalue weighted by Crippen LogP contribution is 2.24. The molecule has 2 rings (SSSR count). The number of hydrogen-bond acceptors (Lipinski definition) is 4. The smallest absolute Gasteiger partial charge is 0.406 e. The fourth-order valence-corrected chi connectivity index (χ4v) is 3.02. The molecule has 1 aromatic carbocycles. The van der Waals surface area contributed by atoms with E-state index in [1.165, 1.54) is 24.3 Å². The molecule has 0 aliphatic rings. The normalized spacial score (nSPS) is 12.6. The number of rotatable bonds is 5. The van der Waals surface area contributed by atoms with E-state index in [9.17, 15) is 18.0 Å². The molecule has 0 fully saturated rings. The first-order valence-corrected chi connectivity index (χ1v) is 8.28. The van der Waals surface area contributed by atoms with Crippen molar-refractivity contribution in [2.75, 3.05) is 0 Å². The molecule has 5 nitrogen and oxygen atoms in total. The number of carbonyl (C=O) groups excluding carboxylic acids is 1. The lowest BCUT2D eigenvalue weighted by Crippen LogP contribution is -2.36. The summed E-state index contributed by atoms with van der Waals surface area (Å²) in [6.45, 7) is 5.88. The second-order valence-corrected chi connectivity index (χ2v) is 6.81. The minimum atomic E-state index is -4.72. The Morgan fingerprint density at radius 2 is 1.92 bits per heavy atom. The third kappa shape index (κ3) is 5.93. The van der Waals surface area contributed by atoms with Gasteiger partial charge in [-0.05, 0) is 38.5 Å². The first kappa shape index (κ1) is 19.0. The molecule has 0 saturated heterocycles. The Bertz CT molecular complexity index is 729. The van der Waals surface area contributed by atoms with E-state index in [0.717, 1.165) is 15.6 Å². The molecule has 2 N–H and O–H groups in total. The number of ether oxygens (including phenoxy) is 1. The van der Waals surface area contributed by atoms with Crippen molar-refractivity contribution >= 4 is 17.4 Å². The zero-order valence-electron chi connectivity index (χ0n) is 13.9. The van der Waals surface area contributed by atoms with Crippen molar-refractivity contribution in [3.63, 3.8) is 0 Å². The van der Waals surface area contributed by atoms with E-state index in [0.29, 0.717) is 12.1 Å². The summed E-state index contributed by atoms with van der Waals surface area (Å²) in [5.41, 5.74) is 1.48. The lowest BCUT2D eigenvalue weighted by Gasteiger charge is -2.16. The summed E-state index contributed by atoms with van der Waals surface area (Å²) in [5, 5.41) is 6.37. The zero-order chi connectivity index (χ0) is 18.6. The number of benzene rings is 1. The molecule has 136 valence electrons. The van der Waals surface area contributed by atoms with Crippen LogP contribution in [-0.4, -0.2) is 17.4 Å². The number of aryl methyl sites for hydroxylation is 2. The monoisotopic (exact) mass is 373 g/mol. The Morgan fingerprint density at radius 1 is 1.28 bits per heavy atom. The predicted molar refractivity (Wildman–Crippen MR) is 88.5 cm³/mol. The van der Waals surface area contributed by atoms with Crippen molar-refractivity contribution in [1.82, 2.24) is 15.6 Å². The lowest BCUT2D eigenvalue weighted by atomic mass is 10.1. The molecule has 1 atom stereocenters. The number of carbonyl (C=O) groups is 1. The van der Waals surface area contributed by atoms with Crippen molar-refractivity contribution in [3.8, 4) is 5.75 Å². The van der Waals surface area contributed by atoms with E-state index in [-0.39, 0.29) is 17.8 Å². The summed E-state index contributed by atoms with van der Waals surface area (Å²) in [4.78, 5) is 17.3. The summed E-state index contributed by atoms with van der Waals surface area (Å²) in [6, 6.07) is 4.60. The van der Waals surface area contributed by atoms with E-state index in [1.807, 2.05) is 13.8 Å². The maximum Gasteiger partial charge on any atom is 0.573 e. The highest BCUT2D eigenvalue weighted by Gasteiger charge is 2.31. The second-order valence-electron chi connectivity index (χ2n) is 5.40. The molecular weight excluding hydrogens is 355 g/mol. The first-order chi connectivity index (χ1) is 11.6. The summed E-state index contributed by atoms with van der Waals surface area (Å²) < 4.78 is 40.2. The van der Waals surface area contributed by atoms with Gasteiger partial charge in [-0.15, -0.1) is 24.5 Å². The number of alkyl halides is 3. The van der Waals surface area contributed by atoms with E-state index in [2.05, 4.69) is 20.4 Å². The van der Waals surface area contributed by atoms with Gasteiger partial charge < -0.3 is 15.4 Å². The minimum Gasteiger partial charge on any atom is -0.406 e. The molecule has 0 saturated carbocycles. The molecule has 2 aromatic rings. The van der Waals surface area contributed by atoms with Crippen LogP contribution in [0.3, 0.4) is 0 Å². The molecule has 25 heavy (non-hydrogen) atoms. The Balaban J connectivity index is 1.87. The zero-order valence-corrected chi connectivity index (χ0v) is 14.7. The molecule has 0 unspecified atom stereocenters. The van der Waals surface area contributed by atoms with Gasteiger partial charge in [0.2, 0.25) is 0 Å². The summed E-state index contributed by atoms with van der Waals surface area (Å²) in [5.74, 6) is -0.303. The van der Waals surface area contributed by atoms with E-state index >= 15 is 0 Å². The van der Waals surface area contributed by atoms with Crippen LogP contribution in [0.5, 0.6) is 5.75 Å². The quantitative estimate of drug-likeness (QED) is 0.825. The van der Waals surface area contributed by atoms with Crippen LogP contribution in [0, 0.1) is 13.8 Å². The van der Waals surface area contributed by atoms with Gasteiger partial charge in [-0.3, -0.25) is 0 Å². The fraction of sp³-hybridized carbons (Fsp3) is 0.375. The van der Waals surface area contributed by atoms with E-state index < -0.39 is 6.36 Å². The van der Waals surface area contributed by atoms with Crippen LogP contribution in [0.15, 0.2) is 24.3 Å². The van der Waals surface area contributed by atoms with Crippen molar-refractivity contribution in [2.45, 2.75) is 39.7 Å². The van der Waals surface area contributed by atoms with Crippen LogP contribution in [0.25, 0.3) is 0 Å². The number of nitrogens with zero attached hydrogens (tertiary/aromatic N) is 1. The summed E-state index contributed by atoms with van der Waals surface area (Å²) >= 11 is 1.56. The van der Waals surface area contributed by atoms with Crippen molar-refractivity contribution in [2.24, 2.45) is 0 Å². The van der Waals surface area contributed by atoms with Gasteiger partial charge in [-0.25, -0.2) is 9.78 Å². The number of thiazole rings is 1. The standard InChI is InChI=1S/C16H18F3N3O2S/c1-9(12-4-6-13(7-5-12)24-16(17,18)19)21-15(23)20-8-14-10(2)25-11(3)22-14/h4-7,9H,8H2,1-3H3,(H2,20,21,23)/t9-/m0/s1. The highest BCUT2D eigenvalue weighted by molar-refractivity contribution is 7.11. The number of halogens is 3. The Labute approximate surface area is 147 Å². The SMILES string of the molecule is Cc1nc(CNC(=O)N[C@@H](C)c2ccc(OC(F)(F)F)cc2)c(C)s1. The summed E-state index contributed by atoms with van der Waals surface area (Å²) in [7, 11) is 0. The molecule has 9 heteroatoms. The van der Waals surface area contributed by atoms with E-state index in [4.69, 9.17) is 0 Å². The topological polar surface area (TPSA) is 63.2 Å². The third-order valence-electron chi connectivity index (χ3n) is 3.38. The minimum absolute atomic E-state index is 0.303. The van der Waals surface area contributed by atoms with Crippen molar-refractivity contribution in [3.05, 3.63) is 45.4 Å². The van der Waals surface area contributed by atoms with Gasteiger partial charge in [0.15, 0.2) is 0 Å². The van der Waals surface area contributed by atoms with E-state index in [1.54, 1.807) is 18.3 Å². The van der Waals surface area contributed by atoms with Crippen LogP contribution in [0.4, 0.5) is 18.0 Å². The average molecular weight is 373 g/mol. The van der Waals surface area contributed by atoms with Gasteiger partial charge in [-0.1, -0.05) is 12.1 Å². The molecular formula is C16H18F3N3O2S. The van der Waals surface area contributed by atoms with Crippen LogP contribution in [-0.2, 0) is 6.54 Å². The highest BCUT2D eigenvalue weighted by atomic mass is 32.1. The summed E-state index contributed by atoms with van der Waals surface area (Å²) in [6.07, 6.45) is -4.72. The van der Waals surface area contributed by atoms with Crippen molar-refractivity contribution < 1.29 is 22.7 Å². The third-order valence-corrected chi connectivity index (χ3v) is 4.31. The van der Waals surface area contributed by atoms with Crippen LogP contribution in [0.2, 0.25) is 0 Å². The van der Waals surface area contributed by atoms with Crippen LogP contribution < -0.4 is 15.4 Å². The van der Waals surface area contributed by atoms with Gasteiger partial charge >= 0.3 is 12.4 Å². The van der Waals surface area contributed by atoms with Crippen molar-refractivity contribution in [1.29, 1.82) is 0 Å². The van der Waals surface area contributed by atoms with Gasteiger partial charge in [0.05, 0.1) is 23.3 Å². The number of hydrogen-bond donors (Lipinski definition) is 2. The molecule has 0 radical (unpaired) electrons. The average Bonchev–Trinajstić information content (AvgIpc) is 2.82. The molecule has 0 aliphatic carbocycles. The van der Waals surface area contributed by atoms with Gasteiger partial charge in [0.1, 0.15) is 5.75 Å². The molecule has 0 spiro atoms. The molecule has 0 bridgehead atoms. The number of amides is 2. The molecule has 0 aliphatic heterocycles. The maximum absolute atomic E-state index is 12.1. The largest absolute Gasteiger partial charge is 0.573 e. The van der Waals surface area contributed by atoms with Crippen LogP contribution in [0.1, 0.15) is 34.1 Å². The van der Waals surface area contributed by atoms with Gasteiger partial charge in [0.25, 0.3) is 0 Å². The predicted octanol–water partition coefficient (Wildman–Crippen LogP) is 4.22.